The van der Waals surface area contributed by atoms with Crippen molar-refractivity contribution in [3.63, 3.8) is 0 Å². The minimum atomic E-state index is 0.663. The second-order valence-electron chi connectivity index (χ2n) is 3.63. The van der Waals surface area contributed by atoms with Crippen molar-refractivity contribution in [2.24, 2.45) is 0 Å². The molecule has 15 heavy (non-hydrogen) atoms. The lowest BCUT2D eigenvalue weighted by Gasteiger charge is -2.05. The number of ether oxygens (including phenoxy) is 3. The van der Waals surface area contributed by atoms with Crippen LogP contribution in [0.15, 0.2) is 0 Å². The smallest absolute Gasteiger partial charge is 0.0701 e. The summed E-state index contributed by atoms with van der Waals surface area (Å²) in [4.78, 5) is 0. The molecular weight excluding hydrogens is 192 g/mol. The average Bonchev–Trinajstić information content (AvgIpc) is 2.26. The Hall–Kier alpha value is -0.120. The zero-order chi connectivity index (χ0) is 11.2. The minimum Gasteiger partial charge on any atom is -0.382 e. The normalized spacial score (nSPS) is 10.8. The third-order valence-electron chi connectivity index (χ3n) is 2.20. The van der Waals surface area contributed by atoms with E-state index in [2.05, 4.69) is 6.92 Å². The van der Waals surface area contributed by atoms with Gasteiger partial charge in [-0.1, -0.05) is 32.6 Å². The number of hydrogen-bond donors (Lipinski definition) is 0. The molecule has 3 nitrogen and oxygen atoms in total. The van der Waals surface area contributed by atoms with Gasteiger partial charge in [0.1, 0.15) is 0 Å². The van der Waals surface area contributed by atoms with Gasteiger partial charge in [0, 0.05) is 13.7 Å². The van der Waals surface area contributed by atoms with E-state index < -0.39 is 0 Å². The molecule has 0 amide bonds. The van der Waals surface area contributed by atoms with Crippen molar-refractivity contribution in [2.75, 3.05) is 40.1 Å². The monoisotopic (exact) mass is 218 g/mol. The van der Waals surface area contributed by atoms with Gasteiger partial charge in [0.2, 0.25) is 0 Å². The first kappa shape index (κ1) is 14.9. The fraction of sp³-hybridized carbons (Fsp3) is 1.00. The lowest BCUT2D eigenvalue weighted by molar-refractivity contribution is 0.0239. The molecule has 0 saturated heterocycles. The van der Waals surface area contributed by atoms with E-state index in [-0.39, 0.29) is 0 Å². The molecule has 0 radical (unpaired) electrons. The summed E-state index contributed by atoms with van der Waals surface area (Å²) in [6, 6.07) is 0. The van der Waals surface area contributed by atoms with Crippen molar-refractivity contribution in [1.29, 1.82) is 0 Å². The highest BCUT2D eigenvalue weighted by atomic mass is 16.5. The quantitative estimate of drug-likeness (QED) is 0.471. The molecule has 0 bridgehead atoms. The summed E-state index contributed by atoms with van der Waals surface area (Å²) >= 11 is 0. The summed E-state index contributed by atoms with van der Waals surface area (Å²) in [6.07, 6.45) is 6.45. The maximum atomic E-state index is 5.43. The van der Waals surface area contributed by atoms with Gasteiger partial charge in [-0.05, 0) is 6.42 Å². The lowest BCUT2D eigenvalue weighted by Crippen LogP contribution is -2.08. The summed E-state index contributed by atoms with van der Waals surface area (Å²) in [5.41, 5.74) is 0. The predicted octanol–water partition coefficient (Wildman–Crippen LogP) is 2.64. The average molecular weight is 218 g/mol. The van der Waals surface area contributed by atoms with Crippen molar-refractivity contribution in [2.45, 2.75) is 39.0 Å². The first-order valence-electron chi connectivity index (χ1n) is 6.06. The van der Waals surface area contributed by atoms with E-state index in [4.69, 9.17) is 14.2 Å². The highest BCUT2D eigenvalue weighted by Gasteiger charge is 1.91. The Bertz CT molecular complexity index is 95.0. The molecule has 0 saturated carbocycles. The topological polar surface area (TPSA) is 27.7 Å². The second kappa shape index (κ2) is 13.9. The van der Waals surface area contributed by atoms with E-state index in [0.717, 1.165) is 6.61 Å². The first-order chi connectivity index (χ1) is 7.41. The van der Waals surface area contributed by atoms with Crippen LogP contribution in [0.25, 0.3) is 0 Å². The van der Waals surface area contributed by atoms with Gasteiger partial charge in [-0.15, -0.1) is 0 Å². The van der Waals surface area contributed by atoms with Crippen LogP contribution < -0.4 is 0 Å². The van der Waals surface area contributed by atoms with Crippen LogP contribution in [0.2, 0.25) is 0 Å². The maximum Gasteiger partial charge on any atom is 0.0701 e. The van der Waals surface area contributed by atoms with Crippen molar-refractivity contribution in [3.8, 4) is 0 Å². The Kier molecular flexibility index (Phi) is 13.8. The predicted molar refractivity (Wildman–Crippen MR) is 62.3 cm³/mol. The molecule has 0 heterocycles. The number of rotatable bonds is 12. The largest absolute Gasteiger partial charge is 0.382 e. The van der Waals surface area contributed by atoms with Gasteiger partial charge >= 0.3 is 0 Å². The van der Waals surface area contributed by atoms with E-state index in [1.807, 2.05) is 0 Å². The van der Waals surface area contributed by atoms with Gasteiger partial charge in [-0.25, -0.2) is 0 Å². The van der Waals surface area contributed by atoms with E-state index in [0.29, 0.717) is 26.4 Å². The first-order valence-corrected chi connectivity index (χ1v) is 6.06. The highest BCUT2D eigenvalue weighted by Crippen LogP contribution is 2.02. The molecule has 0 aliphatic rings. The minimum absolute atomic E-state index is 0.663. The van der Waals surface area contributed by atoms with Crippen molar-refractivity contribution < 1.29 is 14.2 Å². The van der Waals surface area contributed by atoms with Crippen LogP contribution in [0.3, 0.4) is 0 Å². The van der Waals surface area contributed by atoms with Gasteiger partial charge in [0.25, 0.3) is 0 Å². The van der Waals surface area contributed by atoms with Gasteiger partial charge in [-0.2, -0.15) is 0 Å². The van der Waals surface area contributed by atoms with Crippen LogP contribution in [-0.4, -0.2) is 40.1 Å². The van der Waals surface area contributed by atoms with Crippen LogP contribution in [0.4, 0.5) is 0 Å². The van der Waals surface area contributed by atoms with Crippen LogP contribution in [-0.2, 0) is 14.2 Å². The molecule has 0 fully saturated rings. The zero-order valence-corrected chi connectivity index (χ0v) is 10.3. The van der Waals surface area contributed by atoms with Crippen molar-refractivity contribution in [3.05, 3.63) is 0 Å². The van der Waals surface area contributed by atoms with Crippen LogP contribution in [0.1, 0.15) is 39.0 Å². The molecule has 0 aliphatic carbocycles. The Morgan fingerprint density at radius 1 is 0.667 bits per heavy atom. The summed E-state index contributed by atoms with van der Waals surface area (Å²) in [5.74, 6) is 0. The van der Waals surface area contributed by atoms with E-state index in [1.54, 1.807) is 7.11 Å². The van der Waals surface area contributed by atoms with Crippen LogP contribution in [0, 0.1) is 0 Å². The molecule has 0 aliphatic heterocycles. The Morgan fingerprint density at radius 2 is 1.27 bits per heavy atom. The zero-order valence-electron chi connectivity index (χ0n) is 10.3. The van der Waals surface area contributed by atoms with E-state index >= 15 is 0 Å². The summed E-state index contributed by atoms with van der Waals surface area (Å²) in [7, 11) is 1.68. The number of unbranched alkanes of at least 4 members (excludes halogenated alkanes) is 4. The second-order valence-corrected chi connectivity index (χ2v) is 3.63. The number of hydrogen-bond acceptors (Lipinski definition) is 3. The van der Waals surface area contributed by atoms with Gasteiger partial charge in [-0.3, -0.25) is 0 Å². The SMILES string of the molecule is CCCCCCCOCCOCCOC. The summed E-state index contributed by atoms with van der Waals surface area (Å²) < 4.78 is 15.6. The molecule has 3 heteroatoms. The van der Waals surface area contributed by atoms with Gasteiger partial charge in [0.15, 0.2) is 0 Å². The fourth-order valence-electron chi connectivity index (χ4n) is 1.27. The van der Waals surface area contributed by atoms with E-state index in [9.17, 15) is 0 Å². The Labute approximate surface area is 94.1 Å². The molecule has 0 aromatic heterocycles. The maximum absolute atomic E-state index is 5.43. The molecule has 0 aromatic carbocycles. The summed E-state index contributed by atoms with van der Waals surface area (Å²) in [5, 5.41) is 0. The molecule has 0 N–H and O–H groups in total. The molecular formula is C12H26O3. The Morgan fingerprint density at radius 3 is 1.93 bits per heavy atom. The van der Waals surface area contributed by atoms with Crippen LogP contribution in [0.5, 0.6) is 0 Å². The Balaban J connectivity index is 2.81. The van der Waals surface area contributed by atoms with E-state index in [1.165, 1.54) is 32.1 Å². The van der Waals surface area contributed by atoms with Crippen LogP contribution >= 0.6 is 0 Å². The van der Waals surface area contributed by atoms with Crippen molar-refractivity contribution in [1.82, 2.24) is 0 Å². The third kappa shape index (κ3) is 13.9. The van der Waals surface area contributed by atoms with Gasteiger partial charge in [0.05, 0.1) is 26.4 Å². The highest BCUT2D eigenvalue weighted by molar-refractivity contribution is 4.41. The molecule has 0 rings (SSSR count). The number of methoxy groups -OCH3 is 1. The molecule has 92 valence electrons. The molecule has 0 aromatic rings. The fourth-order valence-corrected chi connectivity index (χ4v) is 1.27. The third-order valence-corrected chi connectivity index (χ3v) is 2.20. The molecule has 0 spiro atoms. The standard InChI is InChI=1S/C12H26O3/c1-3-4-5-6-7-8-14-11-12-15-10-9-13-2/h3-12H2,1-2H3. The van der Waals surface area contributed by atoms with Gasteiger partial charge < -0.3 is 14.2 Å². The van der Waals surface area contributed by atoms with Crippen molar-refractivity contribution >= 4 is 0 Å². The molecule has 0 atom stereocenters. The lowest BCUT2D eigenvalue weighted by atomic mass is 10.2. The molecule has 0 unspecified atom stereocenters. The summed E-state index contributed by atoms with van der Waals surface area (Å²) in [6.45, 7) is 5.81.